The first-order chi connectivity index (χ1) is 13.5. The molecule has 1 unspecified atom stereocenters. The largest absolute Gasteiger partial charge is 0.495 e. The fourth-order valence-corrected chi connectivity index (χ4v) is 3.50. The zero-order chi connectivity index (χ0) is 19.7. The Morgan fingerprint density at radius 3 is 2.86 bits per heavy atom. The van der Waals surface area contributed by atoms with Crippen molar-refractivity contribution in [1.29, 1.82) is 0 Å². The Labute approximate surface area is 164 Å². The number of hydrogen-bond acceptors (Lipinski definition) is 6. The smallest absolute Gasteiger partial charge is 0.221 e. The van der Waals surface area contributed by atoms with Crippen LogP contribution in [0.15, 0.2) is 53.7 Å². The summed E-state index contributed by atoms with van der Waals surface area (Å²) in [5.41, 5.74) is 2.68. The van der Waals surface area contributed by atoms with Crippen LogP contribution in [0.3, 0.4) is 0 Å². The van der Waals surface area contributed by atoms with E-state index in [4.69, 9.17) is 9.47 Å². The van der Waals surface area contributed by atoms with Crippen molar-refractivity contribution in [1.82, 2.24) is 5.32 Å². The van der Waals surface area contributed by atoms with Gasteiger partial charge in [-0.3, -0.25) is 4.79 Å². The predicted molar refractivity (Wildman–Crippen MR) is 109 cm³/mol. The highest BCUT2D eigenvalue weighted by Crippen LogP contribution is 2.34. The third-order valence-corrected chi connectivity index (χ3v) is 4.89. The Morgan fingerprint density at radius 1 is 1.18 bits per heavy atom. The molecule has 2 aliphatic rings. The van der Waals surface area contributed by atoms with E-state index in [0.717, 1.165) is 29.0 Å². The van der Waals surface area contributed by atoms with Crippen molar-refractivity contribution in [3.05, 3.63) is 65.4 Å². The molecule has 2 aromatic carbocycles. The summed E-state index contributed by atoms with van der Waals surface area (Å²) in [4.78, 5) is 16.9. The number of nitrogens with zero attached hydrogens (tertiary/aromatic N) is 1. The molecular formula is C22H23N3O3. The van der Waals surface area contributed by atoms with Crippen LogP contribution in [0.2, 0.25) is 0 Å². The summed E-state index contributed by atoms with van der Waals surface area (Å²) in [5, 5.41) is 6.34. The molecule has 0 fully saturated rings. The zero-order valence-electron chi connectivity index (χ0n) is 16.2. The van der Waals surface area contributed by atoms with Crippen molar-refractivity contribution in [3.8, 4) is 11.5 Å². The van der Waals surface area contributed by atoms with E-state index in [1.807, 2.05) is 56.3 Å². The summed E-state index contributed by atoms with van der Waals surface area (Å²) in [5.74, 6) is 1.96. The van der Waals surface area contributed by atoms with E-state index in [1.54, 1.807) is 13.3 Å². The molecule has 1 heterocycles. The molecule has 2 aromatic rings. The van der Waals surface area contributed by atoms with Gasteiger partial charge in [-0.15, -0.1) is 0 Å². The quantitative estimate of drug-likeness (QED) is 0.848. The van der Waals surface area contributed by atoms with Gasteiger partial charge in [0.05, 0.1) is 18.4 Å². The number of ether oxygens (including phenoxy) is 2. The van der Waals surface area contributed by atoms with Crippen LogP contribution in [0.1, 0.15) is 34.8 Å². The number of carbonyl (C=O) groups is 1. The molecule has 144 valence electrons. The first-order valence-electron chi connectivity index (χ1n) is 9.27. The summed E-state index contributed by atoms with van der Waals surface area (Å²) < 4.78 is 11.6. The molecule has 0 spiro atoms. The van der Waals surface area contributed by atoms with Crippen LogP contribution in [0, 0.1) is 6.92 Å². The molecule has 1 atom stereocenters. The van der Waals surface area contributed by atoms with Crippen molar-refractivity contribution in [3.63, 3.8) is 0 Å². The Hall–Kier alpha value is -3.28. The molecule has 0 saturated carbocycles. The number of fused-ring (bicyclic) bond motifs is 1. The Balaban J connectivity index is 1.60. The summed E-state index contributed by atoms with van der Waals surface area (Å²) in [6.45, 7) is 3.87. The Kier molecular flexibility index (Phi) is 4.55. The fourth-order valence-electron chi connectivity index (χ4n) is 3.50. The van der Waals surface area contributed by atoms with E-state index >= 15 is 0 Å². The highest BCUT2D eigenvalue weighted by Gasteiger charge is 2.30. The fraction of sp³-hybridized carbons (Fsp3) is 0.273. The first kappa shape index (κ1) is 18.1. The molecule has 0 amide bonds. The number of ketones is 1. The molecule has 4 rings (SSSR count). The molecule has 0 bridgehead atoms. The normalized spacial score (nSPS) is 20.2. The monoisotopic (exact) mass is 377 g/mol. The van der Waals surface area contributed by atoms with Gasteiger partial charge in [-0.1, -0.05) is 18.2 Å². The maximum Gasteiger partial charge on any atom is 0.221 e. The average Bonchev–Trinajstić information content (AvgIpc) is 3.05. The van der Waals surface area contributed by atoms with Crippen LogP contribution in [0.4, 0.5) is 5.69 Å². The van der Waals surface area contributed by atoms with Crippen LogP contribution in [-0.2, 0) is 6.42 Å². The second-order valence-electron chi connectivity index (χ2n) is 7.14. The summed E-state index contributed by atoms with van der Waals surface area (Å²) >= 11 is 0. The van der Waals surface area contributed by atoms with Crippen LogP contribution >= 0.6 is 0 Å². The highest BCUT2D eigenvalue weighted by molar-refractivity contribution is 6.03. The topological polar surface area (TPSA) is 71.9 Å². The van der Waals surface area contributed by atoms with E-state index in [1.165, 1.54) is 0 Å². The number of hydrogen-bond donors (Lipinski definition) is 2. The third-order valence-electron chi connectivity index (χ3n) is 4.89. The SMILES string of the molecule is COc1cc(C)ccc1NC1=NC(C)(Oc2cccc3c2C(=O)CC3)C=CN1. The Bertz CT molecular complexity index is 997. The van der Waals surface area contributed by atoms with Crippen LogP contribution in [0.25, 0.3) is 0 Å². The lowest BCUT2D eigenvalue weighted by molar-refractivity contribution is 0.0981. The molecule has 0 aromatic heterocycles. The number of methoxy groups -OCH3 is 1. The molecule has 0 saturated heterocycles. The van der Waals surface area contributed by atoms with E-state index in [2.05, 4.69) is 15.6 Å². The molecule has 1 aliphatic carbocycles. The molecule has 0 radical (unpaired) electrons. The minimum absolute atomic E-state index is 0.124. The van der Waals surface area contributed by atoms with Gasteiger partial charge in [-0.05, 0) is 48.7 Å². The lowest BCUT2D eigenvalue weighted by Gasteiger charge is -2.28. The lowest BCUT2D eigenvalue weighted by atomic mass is 10.1. The number of rotatable bonds is 4. The van der Waals surface area contributed by atoms with Crippen LogP contribution < -0.4 is 20.1 Å². The zero-order valence-corrected chi connectivity index (χ0v) is 16.2. The number of guanidine groups is 1. The van der Waals surface area contributed by atoms with Crippen LogP contribution in [-0.4, -0.2) is 24.6 Å². The number of benzene rings is 2. The van der Waals surface area contributed by atoms with Crippen molar-refractivity contribution >= 4 is 17.4 Å². The standard InChI is InChI=1S/C22H23N3O3/c1-14-7-9-16(19(13-14)27-3)24-21-23-12-11-22(2,25-21)28-18-6-4-5-15-8-10-17(26)20(15)18/h4-7,9,11-13H,8,10H2,1-3H3,(H2,23,24,25). The summed E-state index contributed by atoms with van der Waals surface area (Å²) in [7, 11) is 1.64. The molecule has 1 aliphatic heterocycles. The molecule has 2 N–H and O–H groups in total. The van der Waals surface area contributed by atoms with Gasteiger partial charge < -0.3 is 20.1 Å². The second kappa shape index (κ2) is 7.03. The minimum Gasteiger partial charge on any atom is -0.495 e. The maximum absolute atomic E-state index is 12.3. The number of aliphatic imine (C=N–C) groups is 1. The van der Waals surface area contributed by atoms with Gasteiger partial charge in [0.25, 0.3) is 0 Å². The van der Waals surface area contributed by atoms with Crippen molar-refractivity contribution in [2.75, 3.05) is 12.4 Å². The molecule has 28 heavy (non-hydrogen) atoms. The van der Waals surface area contributed by atoms with Crippen molar-refractivity contribution < 1.29 is 14.3 Å². The number of anilines is 1. The molecule has 6 nitrogen and oxygen atoms in total. The van der Waals surface area contributed by atoms with E-state index in [0.29, 0.717) is 23.7 Å². The highest BCUT2D eigenvalue weighted by atomic mass is 16.5. The first-order valence-corrected chi connectivity index (χ1v) is 9.27. The van der Waals surface area contributed by atoms with Gasteiger partial charge in [0.2, 0.25) is 11.7 Å². The Morgan fingerprint density at radius 2 is 2.04 bits per heavy atom. The third kappa shape index (κ3) is 3.45. The lowest BCUT2D eigenvalue weighted by Crippen LogP contribution is -2.39. The van der Waals surface area contributed by atoms with E-state index < -0.39 is 5.72 Å². The van der Waals surface area contributed by atoms with Crippen LogP contribution in [0.5, 0.6) is 11.5 Å². The number of aryl methyl sites for hydroxylation is 2. The molecular weight excluding hydrogens is 354 g/mol. The summed E-state index contributed by atoms with van der Waals surface area (Å²) in [6, 6.07) is 11.6. The van der Waals surface area contributed by atoms with Gasteiger partial charge in [0.1, 0.15) is 11.5 Å². The minimum atomic E-state index is -0.941. The van der Waals surface area contributed by atoms with Gasteiger partial charge in [-0.25, -0.2) is 4.99 Å². The maximum atomic E-state index is 12.3. The van der Waals surface area contributed by atoms with Crippen molar-refractivity contribution in [2.24, 2.45) is 4.99 Å². The van der Waals surface area contributed by atoms with E-state index in [9.17, 15) is 4.79 Å². The number of carbonyl (C=O) groups excluding carboxylic acids is 1. The summed E-state index contributed by atoms with van der Waals surface area (Å²) in [6.07, 6.45) is 4.90. The second-order valence-corrected chi connectivity index (χ2v) is 7.14. The van der Waals surface area contributed by atoms with Gasteiger partial charge in [-0.2, -0.15) is 0 Å². The van der Waals surface area contributed by atoms with Gasteiger partial charge >= 0.3 is 0 Å². The van der Waals surface area contributed by atoms with Crippen molar-refractivity contribution in [2.45, 2.75) is 32.4 Å². The number of nitrogens with one attached hydrogen (secondary N) is 2. The van der Waals surface area contributed by atoms with Gasteiger partial charge in [0.15, 0.2) is 5.78 Å². The average molecular weight is 377 g/mol. The van der Waals surface area contributed by atoms with E-state index in [-0.39, 0.29) is 5.78 Å². The predicted octanol–water partition coefficient (Wildman–Crippen LogP) is 3.81. The van der Waals surface area contributed by atoms with Gasteiger partial charge in [0, 0.05) is 19.5 Å². The molecule has 6 heteroatoms. The number of Topliss-reactive ketones (excluding diaryl/α,β-unsaturated/α-hetero) is 1.